The summed E-state index contributed by atoms with van der Waals surface area (Å²) < 4.78 is 4.48. The molecule has 1 rings (SSSR count). The second-order valence-corrected chi connectivity index (χ2v) is 3.87. The zero-order valence-corrected chi connectivity index (χ0v) is 10.3. The van der Waals surface area contributed by atoms with Crippen LogP contribution in [-0.2, 0) is 16.0 Å². The van der Waals surface area contributed by atoms with Crippen LogP contribution < -0.4 is 5.32 Å². The fourth-order valence-corrected chi connectivity index (χ4v) is 1.44. The molecule has 0 fully saturated rings. The summed E-state index contributed by atoms with van der Waals surface area (Å²) in [5, 5.41) is 12.6. The molecule has 4 heteroatoms. The Kier molecular flexibility index (Phi) is 5.49. The Labute approximate surface area is 102 Å². The van der Waals surface area contributed by atoms with E-state index in [2.05, 4.69) is 17.0 Å². The van der Waals surface area contributed by atoms with Gasteiger partial charge in [-0.2, -0.15) is 0 Å². The van der Waals surface area contributed by atoms with E-state index in [1.165, 1.54) is 12.7 Å². The number of aliphatic hydroxyl groups is 1. The number of benzene rings is 1. The summed E-state index contributed by atoms with van der Waals surface area (Å²) >= 11 is 0. The van der Waals surface area contributed by atoms with E-state index >= 15 is 0 Å². The molecule has 0 aliphatic rings. The van der Waals surface area contributed by atoms with Crippen molar-refractivity contribution in [3.05, 3.63) is 29.8 Å². The van der Waals surface area contributed by atoms with Crippen LogP contribution in [0.4, 0.5) is 5.69 Å². The molecule has 0 heterocycles. The molecule has 1 atom stereocenters. The average Bonchev–Trinajstić information content (AvgIpc) is 2.36. The number of hydrogen-bond acceptors (Lipinski definition) is 4. The molecule has 17 heavy (non-hydrogen) atoms. The number of carbonyl (C=O) groups excluding carboxylic acids is 1. The first kappa shape index (κ1) is 13.5. The summed E-state index contributed by atoms with van der Waals surface area (Å²) in [6.45, 7) is 2.43. The number of carbonyl (C=O) groups is 1. The van der Waals surface area contributed by atoms with E-state index in [-0.39, 0.29) is 6.42 Å². The van der Waals surface area contributed by atoms with Gasteiger partial charge in [-0.05, 0) is 24.1 Å². The van der Waals surface area contributed by atoms with E-state index < -0.39 is 12.1 Å². The van der Waals surface area contributed by atoms with Gasteiger partial charge in [0.15, 0.2) is 0 Å². The number of anilines is 1. The van der Waals surface area contributed by atoms with Gasteiger partial charge in [-0.3, -0.25) is 4.79 Å². The Morgan fingerprint density at radius 1 is 1.41 bits per heavy atom. The summed E-state index contributed by atoms with van der Waals surface area (Å²) in [5.74, 6) is -0.402. The summed E-state index contributed by atoms with van der Waals surface area (Å²) in [6.07, 6.45) is 0.287. The molecule has 0 aromatic heterocycles. The van der Waals surface area contributed by atoms with Crippen LogP contribution in [-0.4, -0.2) is 30.8 Å². The number of ether oxygens (including phenoxy) is 1. The molecular formula is C13H19NO3. The number of hydrogen-bond donors (Lipinski definition) is 2. The lowest BCUT2D eigenvalue weighted by molar-refractivity contribution is -0.142. The van der Waals surface area contributed by atoms with Crippen molar-refractivity contribution in [3.63, 3.8) is 0 Å². The van der Waals surface area contributed by atoms with Crippen LogP contribution in [0, 0.1) is 0 Å². The highest BCUT2D eigenvalue weighted by molar-refractivity contribution is 5.69. The fourth-order valence-electron chi connectivity index (χ4n) is 1.44. The van der Waals surface area contributed by atoms with E-state index in [1.807, 2.05) is 24.3 Å². The van der Waals surface area contributed by atoms with Gasteiger partial charge in [-0.25, -0.2) is 0 Å². The van der Waals surface area contributed by atoms with Gasteiger partial charge < -0.3 is 15.2 Å². The number of methoxy groups -OCH3 is 1. The molecule has 4 nitrogen and oxygen atoms in total. The molecule has 0 bridgehead atoms. The average molecular weight is 237 g/mol. The zero-order valence-electron chi connectivity index (χ0n) is 10.3. The molecule has 94 valence electrons. The van der Waals surface area contributed by atoms with Crippen molar-refractivity contribution in [2.75, 3.05) is 19.0 Å². The van der Waals surface area contributed by atoms with E-state index in [0.717, 1.165) is 12.1 Å². The Morgan fingerprint density at radius 3 is 2.59 bits per heavy atom. The number of aryl methyl sites for hydroxylation is 1. The van der Waals surface area contributed by atoms with E-state index in [1.54, 1.807) is 0 Å². The smallest absolute Gasteiger partial charge is 0.308 e. The first-order chi connectivity index (χ1) is 8.15. The van der Waals surface area contributed by atoms with Crippen molar-refractivity contribution in [1.29, 1.82) is 0 Å². The molecule has 0 saturated carbocycles. The van der Waals surface area contributed by atoms with Gasteiger partial charge >= 0.3 is 5.97 Å². The van der Waals surface area contributed by atoms with Gasteiger partial charge in [-0.1, -0.05) is 19.1 Å². The van der Waals surface area contributed by atoms with Crippen LogP contribution in [0.1, 0.15) is 18.9 Å². The lowest BCUT2D eigenvalue weighted by atomic mass is 10.1. The number of rotatable bonds is 6. The van der Waals surface area contributed by atoms with Crippen LogP contribution in [0.2, 0.25) is 0 Å². The summed E-state index contributed by atoms with van der Waals surface area (Å²) in [7, 11) is 1.31. The molecule has 0 saturated heterocycles. The third-order valence-electron chi connectivity index (χ3n) is 2.53. The highest BCUT2D eigenvalue weighted by Crippen LogP contribution is 2.10. The number of esters is 1. The van der Waals surface area contributed by atoms with Gasteiger partial charge in [-0.15, -0.1) is 0 Å². The second kappa shape index (κ2) is 6.91. The van der Waals surface area contributed by atoms with Crippen LogP contribution in [0.15, 0.2) is 24.3 Å². The van der Waals surface area contributed by atoms with Crippen LogP contribution in [0.3, 0.4) is 0 Å². The molecule has 1 unspecified atom stereocenters. The predicted molar refractivity (Wildman–Crippen MR) is 66.9 cm³/mol. The molecule has 0 spiro atoms. The third kappa shape index (κ3) is 4.87. The normalized spacial score (nSPS) is 11.9. The highest BCUT2D eigenvalue weighted by atomic mass is 16.5. The Bertz CT molecular complexity index is 348. The summed E-state index contributed by atoms with van der Waals surface area (Å²) in [6, 6.07) is 8.00. The molecule has 1 aromatic rings. The third-order valence-corrected chi connectivity index (χ3v) is 2.53. The van der Waals surface area contributed by atoms with Crippen molar-refractivity contribution in [1.82, 2.24) is 0 Å². The maximum Gasteiger partial charge on any atom is 0.308 e. The van der Waals surface area contributed by atoms with Crippen molar-refractivity contribution < 1.29 is 14.6 Å². The van der Waals surface area contributed by atoms with Crippen LogP contribution >= 0.6 is 0 Å². The lowest BCUT2D eigenvalue weighted by Gasteiger charge is -2.11. The maximum absolute atomic E-state index is 10.9. The SMILES string of the molecule is CCc1ccc(NCC(O)CC(=O)OC)cc1. The first-order valence-corrected chi connectivity index (χ1v) is 5.73. The molecule has 1 aromatic carbocycles. The largest absolute Gasteiger partial charge is 0.469 e. The maximum atomic E-state index is 10.9. The van der Waals surface area contributed by atoms with Gasteiger partial charge in [0.05, 0.1) is 19.6 Å². The van der Waals surface area contributed by atoms with Crippen LogP contribution in [0.5, 0.6) is 0 Å². The van der Waals surface area contributed by atoms with Gasteiger partial charge in [0.2, 0.25) is 0 Å². The van der Waals surface area contributed by atoms with Gasteiger partial charge in [0, 0.05) is 12.2 Å². The standard InChI is InChI=1S/C13H19NO3/c1-3-10-4-6-11(7-5-10)14-9-12(15)8-13(16)17-2/h4-7,12,14-15H,3,8-9H2,1-2H3. The topological polar surface area (TPSA) is 58.6 Å². The van der Waals surface area contributed by atoms with Crippen molar-refractivity contribution in [2.45, 2.75) is 25.9 Å². The Morgan fingerprint density at radius 2 is 2.06 bits per heavy atom. The zero-order chi connectivity index (χ0) is 12.7. The van der Waals surface area contributed by atoms with E-state index in [0.29, 0.717) is 6.54 Å². The predicted octanol–water partition coefficient (Wildman–Crippen LogP) is 1.58. The highest BCUT2D eigenvalue weighted by Gasteiger charge is 2.10. The minimum Gasteiger partial charge on any atom is -0.469 e. The monoisotopic (exact) mass is 237 g/mol. The second-order valence-electron chi connectivity index (χ2n) is 3.87. The molecule has 0 amide bonds. The van der Waals surface area contributed by atoms with Crippen molar-refractivity contribution in [2.24, 2.45) is 0 Å². The van der Waals surface area contributed by atoms with Crippen molar-refractivity contribution in [3.8, 4) is 0 Å². The molecule has 2 N–H and O–H groups in total. The molecule has 0 aliphatic carbocycles. The fraction of sp³-hybridized carbons (Fsp3) is 0.462. The first-order valence-electron chi connectivity index (χ1n) is 5.73. The van der Waals surface area contributed by atoms with Crippen molar-refractivity contribution >= 4 is 11.7 Å². The van der Waals surface area contributed by atoms with Gasteiger partial charge in [0.1, 0.15) is 0 Å². The number of nitrogens with one attached hydrogen (secondary N) is 1. The van der Waals surface area contributed by atoms with Crippen LogP contribution in [0.25, 0.3) is 0 Å². The summed E-state index contributed by atoms with van der Waals surface area (Å²) in [5.41, 5.74) is 2.21. The quantitative estimate of drug-likeness (QED) is 0.738. The molecule has 0 radical (unpaired) electrons. The van der Waals surface area contributed by atoms with Gasteiger partial charge in [0.25, 0.3) is 0 Å². The minimum atomic E-state index is -0.728. The number of aliphatic hydroxyl groups excluding tert-OH is 1. The summed E-state index contributed by atoms with van der Waals surface area (Å²) in [4.78, 5) is 10.9. The Hall–Kier alpha value is -1.55. The van der Waals surface area contributed by atoms with E-state index in [4.69, 9.17) is 0 Å². The van der Waals surface area contributed by atoms with E-state index in [9.17, 15) is 9.90 Å². The Balaban J connectivity index is 2.36. The molecular weight excluding hydrogens is 218 g/mol. The molecule has 0 aliphatic heterocycles. The lowest BCUT2D eigenvalue weighted by Crippen LogP contribution is -2.23. The minimum absolute atomic E-state index is 0.0105.